The minimum Gasteiger partial charge on any atom is -0.406 e. The van der Waals surface area contributed by atoms with Crippen molar-refractivity contribution >= 4 is 22.5 Å². The van der Waals surface area contributed by atoms with Crippen LogP contribution in [0.5, 0.6) is 5.75 Å². The number of pyridine rings is 1. The lowest BCUT2D eigenvalue weighted by Crippen LogP contribution is -2.18. The van der Waals surface area contributed by atoms with E-state index in [9.17, 15) is 18.0 Å². The summed E-state index contributed by atoms with van der Waals surface area (Å²) >= 11 is 0. The van der Waals surface area contributed by atoms with Crippen molar-refractivity contribution in [3.63, 3.8) is 0 Å². The van der Waals surface area contributed by atoms with E-state index in [-0.39, 0.29) is 17.4 Å². The van der Waals surface area contributed by atoms with Crippen LogP contribution in [-0.2, 0) is 6.54 Å². The van der Waals surface area contributed by atoms with E-state index in [1.54, 1.807) is 30.3 Å². The highest BCUT2D eigenvalue weighted by Crippen LogP contribution is 2.32. The molecule has 0 saturated carbocycles. The second-order valence-corrected chi connectivity index (χ2v) is 8.78. The van der Waals surface area contributed by atoms with Gasteiger partial charge in [-0.1, -0.05) is 48.5 Å². The summed E-state index contributed by atoms with van der Waals surface area (Å²) in [5.74, 6) is -0.688. The number of hydrogen-bond acceptors (Lipinski definition) is 4. The Morgan fingerprint density at radius 3 is 2.44 bits per heavy atom. The van der Waals surface area contributed by atoms with Crippen LogP contribution in [0.1, 0.15) is 28.9 Å². The fraction of sp³-hybridized carbons (Fsp3) is 0.214. The largest absolute Gasteiger partial charge is 0.573 e. The smallest absolute Gasteiger partial charge is 0.406 e. The minimum atomic E-state index is -4.78. The number of fused-ring (bicyclic) bond motifs is 1. The van der Waals surface area contributed by atoms with E-state index >= 15 is 0 Å². The van der Waals surface area contributed by atoms with Crippen LogP contribution in [0.25, 0.3) is 22.0 Å². The van der Waals surface area contributed by atoms with Crippen molar-refractivity contribution in [1.82, 2.24) is 9.88 Å². The van der Waals surface area contributed by atoms with E-state index in [0.717, 1.165) is 25.0 Å². The van der Waals surface area contributed by atoms with E-state index in [1.807, 2.05) is 30.3 Å². The summed E-state index contributed by atoms with van der Waals surface area (Å²) in [6.45, 7) is 3.14. The van der Waals surface area contributed by atoms with E-state index < -0.39 is 6.36 Å². The number of para-hydroxylation sites is 1. The van der Waals surface area contributed by atoms with Crippen molar-refractivity contribution in [3.8, 4) is 16.9 Å². The van der Waals surface area contributed by atoms with Crippen LogP contribution in [-0.4, -0.2) is 35.2 Å². The number of aromatic nitrogens is 1. The SMILES string of the molecule is O=C(Nc1ccc(CN2CCCC2)cc1)c1ccc2cccc(-c3cccc(OC(F)(F)F)c3)c2n1. The molecule has 0 spiro atoms. The third-order valence-corrected chi connectivity index (χ3v) is 6.15. The van der Waals surface area contributed by atoms with Gasteiger partial charge in [0.2, 0.25) is 0 Å². The highest BCUT2D eigenvalue weighted by atomic mass is 19.4. The quantitative estimate of drug-likeness (QED) is 0.328. The van der Waals surface area contributed by atoms with Gasteiger partial charge in [0.25, 0.3) is 5.91 Å². The second-order valence-electron chi connectivity index (χ2n) is 8.78. The van der Waals surface area contributed by atoms with E-state index in [1.165, 1.54) is 36.6 Å². The molecule has 0 aliphatic carbocycles. The maximum Gasteiger partial charge on any atom is 0.573 e. The maximum absolute atomic E-state index is 13.0. The summed E-state index contributed by atoms with van der Waals surface area (Å²) in [7, 11) is 0. The van der Waals surface area contributed by atoms with Crippen LogP contribution >= 0.6 is 0 Å². The van der Waals surface area contributed by atoms with Crippen LogP contribution in [0.3, 0.4) is 0 Å². The molecular formula is C28H24F3N3O2. The number of benzene rings is 3. The number of nitrogens with one attached hydrogen (secondary N) is 1. The molecule has 1 aliphatic heterocycles. The van der Waals surface area contributed by atoms with Crippen molar-refractivity contribution in [2.75, 3.05) is 18.4 Å². The molecule has 0 unspecified atom stereocenters. The molecule has 4 aromatic rings. The number of carbonyl (C=O) groups excluding carboxylic acids is 1. The Bertz CT molecular complexity index is 1380. The zero-order valence-corrected chi connectivity index (χ0v) is 19.4. The van der Waals surface area contributed by atoms with Crippen molar-refractivity contribution in [1.29, 1.82) is 0 Å². The van der Waals surface area contributed by atoms with Crippen LogP contribution in [0, 0.1) is 0 Å². The lowest BCUT2D eigenvalue weighted by molar-refractivity contribution is -0.274. The number of alkyl halides is 3. The number of carbonyl (C=O) groups is 1. The number of amides is 1. The van der Waals surface area contributed by atoms with Crippen LogP contribution in [0.4, 0.5) is 18.9 Å². The van der Waals surface area contributed by atoms with E-state index in [0.29, 0.717) is 22.3 Å². The number of anilines is 1. The normalized spacial score (nSPS) is 14.2. The average molecular weight is 492 g/mol. The van der Waals surface area contributed by atoms with Crippen molar-refractivity contribution < 1.29 is 22.7 Å². The number of likely N-dealkylation sites (tertiary alicyclic amines) is 1. The maximum atomic E-state index is 13.0. The Labute approximate surface area is 206 Å². The number of hydrogen-bond donors (Lipinski definition) is 1. The minimum absolute atomic E-state index is 0.207. The molecule has 0 bridgehead atoms. The fourth-order valence-electron chi connectivity index (χ4n) is 4.45. The van der Waals surface area contributed by atoms with E-state index in [4.69, 9.17) is 0 Å². The number of halogens is 3. The summed E-state index contributed by atoms with van der Waals surface area (Å²) in [4.78, 5) is 19.9. The average Bonchev–Trinajstić information content (AvgIpc) is 3.37. The molecule has 3 aromatic carbocycles. The summed E-state index contributed by atoms with van der Waals surface area (Å²) in [5, 5.41) is 3.64. The lowest BCUT2D eigenvalue weighted by atomic mass is 10.0. The van der Waals surface area contributed by atoms with Gasteiger partial charge < -0.3 is 10.1 Å². The van der Waals surface area contributed by atoms with Crippen LogP contribution in [0.2, 0.25) is 0 Å². The first-order valence-electron chi connectivity index (χ1n) is 11.7. The molecule has 1 saturated heterocycles. The molecule has 1 aromatic heterocycles. The molecule has 8 heteroatoms. The highest BCUT2D eigenvalue weighted by Gasteiger charge is 2.31. The third-order valence-electron chi connectivity index (χ3n) is 6.15. The van der Waals surface area contributed by atoms with Crippen LogP contribution in [0.15, 0.2) is 78.9 Å². The van der Waals surface area contributed by atoms with Gasteiger partial charge in [0.15, 0.2) is 0 Å². The Balaban J connectivity index is 1.37. The van der Waals surface area contributed by atoms with Gasteiger partial charge in [-0.2, -0.15) is 0 Å². The summed E-state index contributed by atoms with van der Waals surface area (Å²) in [6.07, 6.45) is -2.31. The summed E-state index contributed by atoms with van der Waals surface area (Å²) in [5.41, 5.74) is 3.67. The predicted octanol–water partition coefficient (Wildman–Crippen LogP) is 6.65. The molecule has 0 radical (unpaired) electrons. The fourth-order valence-corrected chi connectivity index (χ4v) is 4.45. The standard InChI is InChI=1S/C28H24F3N3O2/c29-28(30,31)36-23-7-3-6-21(17-23)24-8-4-5-20-11-14-25(33-26(20)24)27(35)32-22-12-9-19(10-13-22)18-34-15-1-2-16-34/h3-14,17H,1-2,15-16,18H2,(H,32,35). The zero-order valence-electron chi connectivity index (χ0n) is 19.4. The molecular weight excluding hydrogens is 467 g/mol. The Morgan fingerprint density at radius 1 is 0.944 bits per heavy atom. The van der Waals surface area contributed by atoms with Crippen molar-refractivity contribution in [2.24, 2.45) is 0 Å². The molecule has 36 heavy (non-hydrogen) atoms. The van der Waals surface area contributed by atoms with Crippen molar-refractivity contribution in [3.05, 3.63) is 90.1 Å². The molecule has 2 heterocycles. The predicted molar refractivity (Wildman–Crippen MR) is 133 cm³/mol. The summed E-state index contributed by atoms with van der Waals surface area (Å²) in [6, 6.07) is 22.3. The van der Waals surface area contributed by atoms with Gasteiger partial charge in [0.1, 0.15) is 11.4 Å². The molecule has 1 aliphatic rings. The van der Waals surface area contributed by atoms with Gasteiger partial charge in [0.05, 0.1) is 5.52 Å². The monoisotopic (exact) mass is 491 g/mol. The second kappa shape index (κ2) is 9.99. The van der Waals surface area contributed by atoms with Crippen molar-refractivity contribution in [2.45, 2.75) is 25.7 Å². The third kappa shape index (κ3) is 5.66. The Morgan fingerprint density at radius 2 is 1.69 bits per heavy atom. The first kappa shape index (κ1) is 23.8. The lowest BCUT2D eigenvalue weighted by Gasteiger charge is -2.15. The van der Waals surface area contributed by atoms with E-state index in [2.05, 4.69) is 19.9 Å². The highest BCUT2D eigenvalue weighted by molar-refractivity contribution is 6.05. The molecule has 184 valence electrons. The van der Waals surface area contributed by atoms with Gasteiger partial charge >= 0.3 is 6.36 Å². The first-order valence-corrected chi connectivity index (χ1v) is 11.7. The number of rotatable bonds is 6. The Kier molecular flexibility index (Phi) is 6.61. The molecule has 1 amide bonds. The van der Waals surface area contributed by atoms with Gasteiger partial charge in [0, 0.05) is 23.2 Å². The van der Waals surface area contributed by atoms with Gasteiger partial charge in [-0.05, 0) is 67.4 Å². The molecule has 0 atom stereocenters. The first-order chi connectivity index (χ1) is 17.3. The number of ether oxygens (including phenoxy) is 1. The summed E-state index contributed by atoms with van der Waals surface area (Å²) < 4.78 is 42.1. The molecule has 1 N–H and O–H groups in total. The van der Waals surface area contributed by atoms with Crippen LogP contribution < -0.4 is 10.1 Å². The van der Waals surface area contributed by atoms with Gasteiger partial charge in [-0.15, -0.1) is 13.2 Å². The topological polar surface area (TPSA) is 54.5 Å². The van der Waals surface area contributed by atoms with Gasteiger partial charge in [-0.25, -0.2) is 4.98 Å². The molecule has 5 nitrogen and oxygen atoms in total. The Hall–Kier alpha value is -3.91. The zero-order chi connectivity index (χ0) is 25.1. The number of nitrogens with zero attached hydrogens (tertiary/aromatic N) is 2. The molecule has 1 fully saturated rings. The molecule has 5 rings (SSSR count). The van der Waals surface area contributed by atoms with Gasteiger partial charge in [-0.3, -0.25) is 9.69 Å².